The van der Waals surface area contributed by atoms with Crippen LogP contribution in [0, 0.1) is 10.1 Å². The smallest absolute Gasteiger partial charge is 0.363 e. The minimum atomic E-state index is -0.682. The third-order valence-electron chi connectivity index (χ3n) is 3.95. The van der Waals surface area contributed by atoms with Crippen LogP contribution < -0.4 is 14.2 Å². The van der Waals surface area contributed by atoms with Gasteiger partial charge in [0.25, 0.3) is 5.69 Å². The summed E-state index contributed by atoms with van der Waals surface area (Å²) in [6.45, 7) is 0. The van der Waals surface area contributed by atoms with Gasteiger partial charge in [-0.2, -0.15) is 0 Å². The van der Waals surface area contributed by atoms with Gasteiger partial charge in [0, 0.05) is 29.3 Å². The maximum absolute atomic E-state index is 12.2. The van der Waals surface area contributed by atoms with Crippen molar-refractivity contribution in [2.45, 2.75) is 0 Å². The van der Waals surface area contributed by atoms with Crippen molar-refractivity contribution in [3.05, 3.63) is 63.3 Å². The van der Waals surface area contributed by atoms with Gasteiger partial charge in [0.2, 0.25) is 5.90 Å². The second-order valence-corrected chi connectivity index (χ2v) is 5.59. The normalized spacial score (nSPS) is 14.5. The molecule has 2 aromatic rings. The summed E-state index contributed by atoms with van der Waals surface area (Å²) in [5.74, 6) is 0.662. The van der Waals surface area contributed by atoms with E-state index in [1.807, 2.05) is 0 Å². The average molecular weight is 384 g/mol. The van der Waals surface area contributed by atoms with Crippen LogP contribution >= 0.6 is 0 Å². The predicted molar refractivity (Wildman–Crippen MR) is 99.8 cm³/mol. The fourth-order valence-electron chi connectivity index (χ4n) is 2.60. The Labute approximate surface area is 160 Å². The average Bonchev–Trinajstić information content (AvgIpc) is 3.08. The predicted octanol–water partition coefficient (Wildman–Crippen LogP) is 2.97. The molecule has 0 amide bonds. The van der Waals surface area contributed by atoms with Crippen LogP contribution in [0.4, 0.5) is 5.69 Å². The summed E-state index contributed by atoms with van der Waals surface area (Å²) in [5.41, 5.74) is 0.739. The number of hydrogen-bond acceptors (Lipinski definition) is 8. The summed E-state index contributed by atoms with van der Waals surface area (Å²) >= 11 is 0. The molecule has 28 heavy (non-hydrogen) atoms. The summed E-state index contributed by atoms with van der Waals surface area (Å²) in [7, 11) is 4.47. The number of hydrogen-bond donors (Lipinski definition) is 0. The first-order valence-corrected chi connectivity index (χ1v) is 8.04. The molecule has 0 unspecified atom stereocenters. The number of rotatable bonds is 6. The highest BCUT2D eigenvalue weighted by Crippen LogP contribution is 2.36. The molecule has 0 aliphatic carbocycles. The number of non-ortho nitro benzene ring substituents is 1. The number of nitrogens with zero attached hydrogens (tertiary/aromatic N) is 2. The molecule has 0 bridgehead atoms. The third kappa shape index (κ3) is 3.63. The van der Waals surface area contributed by atoms with Gasteiger partial charge in [-0.25, -0.2) is 9.79 Å². The Bertz CT molecular complexity index is 1010. The molecule has 0 saturated carbocycles. The minimum absolute atomic E-state index is 0.0145. The lowest BCUT2D eigenvalue weighted by molar-refractivity contribution is -0.384. The number of carbonyl (C=O) groups excluding carboxylic acids is 1. The maximum Gasteiger partial charge on any atom is 0.363 e. The van der Waals surface area contributed by atoms with E-state index in [9.17, 15) is 14.9 Å². The molecule has 144 valence electrons. The van der Waals surface area contributed by atoms with Crippen molar-refractivity contribution in [1.29, 1.82) is 0 Å². The number of nitro benzene ring substituents is 1. The van der Waals surface area contributed by atoms with Crippen LogP contribution in [0.3, 0.4) is 0 Å². The lowest BCUT2D eigenvalue weighted by Crippen LogP contribution is -2.05. The Kier molecular flexibility index (Phi) is 5.25. The highest BCUT2D eigenvalue weighted by Gasteiger charge is 2.26. The summed E-state index contributed by atoms with van der Waals surface area (Å²) in [5, 5.41) is 10.9. The van der Waals surface area contributed by atoms with Gasteiger partial charge < -0.3 is 18.9 Å². The van der Waals surface area contributed by atoms with Crippen molar-refractivity contribution in [2.75, 3.05) is 21.3 Å². The van der Waals surface area contributed by atoms with Crippen molar-refractivity contribution in [3.8, 4) is 17.2 Å². The lowest BCUT2D eigenvalue weighted by Gasteiger charge is -2.12. The molecule has 3 rings (SSSR count). The van der Waals surface area contributed by atoms with Crippen LogP contribution in [0.2, 0.25) is 0 Å². The largest absolute Gasteiger partial charge is 0.496 e. The molecule has 2 aromatic carbocycles. The standard InChI is InChI=1S/C19H16N2O7/c1-25-15-10-17(27-3)16(26-2)9-12(15)8-14-19(22)28-18(20-14)11-5-4-6-13(7-11)21(23)24/h4-10H,1-3H3/b14-8+. The lowest BCUT2D eigenvalue weighted by atomic mass is 10.1. The van der Waals surface area contributed by atoms with Gasteiger partial charge in [0.05, 0.1) is 26.3 Å². The summed E-state index contributed by atoms with van der Waals surface area (Å²) in [6, 6.07) is 8.94. The third-order valence-corrected chi connectivity index (χ3v) is 3.95. The van der Waals surface area contributed by atoms with Gasteiger partial charge in [-0.05, 0) is 18.2 Å². The Balaban J connectivity index is 2.02. The zero-order valence-electron chi connectivity index (χ0n) is 15.3. The van der Waals surface area contributed by atoms with Gasteiger partial charge in [0.1, 0.15) is 5.75 Å². The summed E-state index contributed by atoms with van der Waals surface area (Å²) in [4.78, 5) is 26.8. The first-order chi connectivity index (χ1) is 13.5. The zero-order valence-corrected chi connectivity index (χ0v) is 15.3. The number of carbonyl (C=O) groups is 1. The van der Waals surface area contributed by atoms with E-state index in [0.717, 1.165) is 0 Å². The first-order valence-electron chi connectivity index (χ1n) is 8.04. The molecular weight excluding hydrogens is 368 g/mol. The van der Waals surface area contributed by atoms with Crippen LogP contribution in [0.5, 0.6) is 17.2 Å². The Morgan fingerprint density at radius 2 is 1.71 bits per heavy atom. The van der Waals surface area contributed by atoms with Gasteiger partial charge in [0.15, 0.2) is 17.2 Å². The number of benzene rings is 2. The Morgan fingerprint density at radius 1 is 1.04 bits per heavy atom. The molecule has 0 fully saturated rings. The molecule has 9 heteroatoms. The highest BCUT2D eigenvalue weighted by molar-refractivity contribution is 6.13. The monoisotopic (exact) mass is 384 g/mol. The summed E-state index contributed by atoms with van der Waals surface area (Å²) in [6.07, 6.45) is 1.48. The second kappa shape index (κ2) is 7.78. The Morgan fingerprint density at radius 3 is 2.36 bits per heavy atom. The molecule has 0 N–H and O–H groups in total. The van der Waals surface area contributed by atoms with E-state index in [1.54, 1.807) is 18.2 Å². The van der Waals surface area contributed by atoms with Crippen molar-refractivity contribution >= 4 is 23.6 Å². The molecule has 1 aliphatic rings. The molecular formula is C19H16N2O7. The van der Waals surface area contributed by atoms with Crippen LogP contribution in [0.15, 0.2) is 47.1 Å². The van der Waals surface area contributed by atoms with E-state index in [0.29, 0.717) is 28.4 Å². The van der Waals surface area contributed by atoms with Gasteiger partial charge in [-0.15, -0.1) is 0 Å². The number of ether oxygens (including phenoxy) is 4. The van der Waals surface area contributed by atoms with E-state index >= 15 is 0 Å². The topological polar surface area (TPSA) is 109 Å². The van der Waals surface area contributed by atoms with E-state index in [4.69, 9.17) is 18.9 Å². The molecule has 9 nitrogen and oxygen atoms in total. The minimum Gasteiger partial charge on any atom is -0.496 e. The molecule has 0 atom stereocenters. The second-order valence-electron chi connectivity index (χ2n) is 5.59. The van der Waals surface area contributed by atoms with Gasteiger partial charge in [-0.1, -0.05) is 6.07 Å². The highest BCUT2D eigenvalue weighted by atomic mass is 16.6. The SMILES string of the molecule is COc1cc(OC)c(OC)cc1/C=C1/N=C(c2cccc([N+](=O)[O-])c2)OC1=O. The number of cyclic esters (lactones) is 1. The van der Waals surface area contributed by atoms with Crippen molar-refractivity contribution in [2.24, 2.45) is 4.99 Å². The van der Waals surface area contributed by atoms with Crippen LogP contribution in [0.1, 0.15) is 11.1 Å². The van der Waals surface area contributed by atoms with E-state index in [2.05, 4.69) is 4.99 Å². The molecule has 0 radical (unpaired) electrons. The van der Waals surface area contributed by atoms with Gasteiger partial charge >= 0.3 is 5.97 Å². The fourth-order valence-corrected chi connectivity index (χ4v) is 2.60. The molecule has 1 heterocycles. The van der Waals surface area contributed by atoms with Crippen molar-refractivity contribution in [1.82, 2.24) is 0 Å². The van der Waals surface area contributed by atoms with Crippen molar-refractivity contribution in [3.63, 3.8) is 0 Å². The fraction of sp³-hybridized carbons (Fsp3) is 0.158. The number of nitro groups is 1. The van der Waals surface area contributed by atoms with E-state index in [-0.39, 0.29) is 17.3 Å². The number of aliphatic imine (C=N–C) groups is 1. The van der Waals surface area contributed by atoms with Crippen molar-refractivity contribution < 1.29 is 28.7 Å². The van der Waals surface area contributed by atoms with Gasteiger partial charge in [-0.3, -0.25) is 10.1 Å². The van der Waals surface area contributed by atoms with E-state index in [1.165, 1.54) is 45.6 Å². The maximum atomic E-state index is 12.2. The molecule has 0 aromatic heterocycles. The van der Waals surface area contributed by atoms with Crippen LogP contribution in [-0.2, 0) is 9.53 Å². The molecule has 0 saturated heterocycles. The quantitative estimate of drug-likeness (QED) is 0.326. The Hall–Kier alpha value is -3.88. The van der Waals surface area contributed by atoms with E-state index < -0.39 is 10.9 Å². The van der Waals surface area contributed by atoms with Crippen LogP contribution in [0.25, 0.3) is 6.08 Å². The number of esters is 1. The molecule has 0 spiro atoms. The molecule has 1 aliphatic heterocycles. The first kappa shape index (κ1) is 18.9. The summed E-state index contributed by atoms with van der Waals surface area (Å²) < 4.78 is 21.0. The van der Waals surface area contributed by atoms with Crippen LogP contribution in [-0.4, -0.2) is 38.1 Å². The zero-order chi connectivity index (χ0) is 20.3. The number of methoxy groups -OCH3 is 3.